The van der Waals surface area contributed by atoms with Crippen LogP contribution < -0.4 is 14.8 Å². The lowest BCUT2D eigenvalue weighted by Crippen LogP contribution is -2.35. The van der Waals surface area contributed by atoms with E-state index in [0.29, 0.717) is 18.2 Å². The van der Waals surface area contributed by atoms with Gasteiger partial charge in [0.25, 0.3) is 5.91 Å². The molecule has 0 aliphatic rings. The van der Waals surface area contributed by atoms with Gasteiger partial charge in [0.2, 0.25) is 12.3 Å². The zero-order valence-electron chi connectivity index (χ0n) is 14.5. The summed E-state index contributed by atoms with van der Waals surface area (Å²) in [6.45, 7) is 2.13. The van der Waals surface area contributed by atoms with E-state index in [1.807, 2.05) is 24.3 Å². The van der Waals surface area contributed by atoms with Crippen LogP contribution in [0.15, 0.2) is 59.3 Å². The van der Waals surface area contributed by atoms with Crippen molar-refractivity contribution in [1.29, 1.82) is 0 Å². The van der Waals surface area contributed by atoms with Crippen molar-refractivity contribution in [3.05, 3.63) is 60.5 Å². The number of carbonyl (C=O) groups excluding carboxylic acids is 1. The number of rotatable bonds is 7. The zero-order chi connectivity index (χ0) is 18.4. The van der Waals surface area contributed by atoms with Gasteiger partial charge in [-0.25, -0.2) is 0 Å². The van der Waals surface area contributed by atoms with E-state index in [-0.39, 0.29) is 5.91 Å². The zero-order valence-corrected chi connectivity index (χ0v) is 14.5. The van der Waals surface area contributed by atoms with E-state index in [1.165, 1.54) is 6.39 Å². The van der Waals surface area contributed by atoms with Crippen molar-refractivity contribution in [2.75, 3.05) is 7.11 Å². The maximum Gasteiger partial charge on any atom is 0.261 e. The monoisotopic (exact) mass is 353 g/mol. The van der Waals surface area contributed by atoms with Crippen molar-refractivity contribution in [2.24, 2.45) is 0 Å². The largest absolute Gasteiger partial charge is 0.497 e. The highest BCUT2D eigenvalue weighted by Gasteiger charge is 2.14. The highest BCUT2D eigenvalue weighted by Crippen LogP contribution is 2.21. The first-order valence-corrected chi connectivity index (χ1v) is 8.09. The molecule has 26 heavy (non-hydrogen) atoms. The quantitative estimate of drug-likeness (QED) is 0.703. The number of carbonyl (C=O) groups is 1. The van der Waals surface area contributed by atoms with Crippen molar-refractivity contribution in [3.8, 4) is 23.0 Å². The lowest BCUT2D eigenvalue weighted by Gasteiger charge is -2.15. The standard InChI is InChI=1S/C19H19N3O4/c1-13(18(23)20-11-14-3-7-16(24-2)8-4-14)26-17-9-5-15(6-10-17)19-22-21-12-25-19/h3-10,12-13H,11H2,1-2H3,(H,20,23). The van der Waals surface area contributed by atoms with Gasteiger partial charge in [-0.05, 0) is 48.9 Å². The van der Waals surface area contributed by atoms with Gasteiger partial charge >= 0.3 is 0 Å². The number of methoxy groups -OCH3 is 1. The Morgan fingerprint density at radius 1 is 1.12 bits per heavy atom. The molecule has 1 unspecified atom stereocenters. The van der Waals surface area contributed by atoms with E-state index in [2.05, 4.69) is 15.5 Å². The van der Waals surface area contributed by atoms with Crippen molar-refractivity contribution in [1.82, 2.24) is 15.5 Å². The Morgan fingerprint density at radius 2 is 1.81 bits per heavy atom. The molecule has 7 nitrogen and oxygen atoms in total. The van der Waals surface area contributed by atoms with Crippen LogP contribution in [0.25, 0.3) is 11.5 Å². The normalized spacial score (nSPS) is 11.6. The second kappa shape index (κ2) is 8.15. The second-order valence-corrected chi connectivity index (χ2v) is 5.59. The minimum absolute atomic E-state index is 0.193. The van der Waals surface area contributed by atoms with E-state index in [1.54, 1.807) is 38.3 Å². The lowest BCUT2D eigenvalue weighted by atomic mass is 10.2. The third-order valence-corrected chi connectivity index (χ3v) is 3.77. The van der Waals surface area contributed by atoms with Crippen LogP contribution in [0.5, 0.6) is 11.5 Å². The number of benzene rings is 2. The fourth-order valence-electron chi connectivity index (χ4n) is 2.31. The average molecular weight is 353 g/mol. The smallest absolute Gasteiger partial charge is 0.261 e. The van der Waals surface area contributed by atoms with Crippen molar-refractivity contribution >= 4 is 5.91 Å². The van der Waals surface area contributed by atoms with Crippen LogP contribution in [0.3, 0.4) is 0 Å². The summed E-state index contributed by atoms with van der Waals surface area (Å²) in [5.41, 5.74) is 1.77. The molecule has 1 N–H and O–H groups in total. The van der Waals surface area contributed by atoms with E-state index < -0.39 is 6.10 Å². The van der Waals surface area contributed by atoms with Crippen LogP contribution in [0.4, 0.5) is 0 Å². The average Bonchev–Trinajstić information content (AvgIpc) is 3.22. The summed E-state index contributed by atoms with van der Waals surface area (Å²) in [5.74, 6) is 1.60. The van der Waals surface area contributed by atoms with Gasteiger partial charge in [0.1, 0.15) is 11.5 Å². The molecular weight excluding hydrogens is 334 g/mol. The lowest BCUT2D eigenvalue weighted by molar-refractivity contribution is -0.127. The molecular formula is C19H19N3O4. The van der Waals surface area contributed by atoms with E-state index >= 15 is 0 Å². The predicted molar refractivity (Wildman–Crippen MR) is 94.7 cm³/mol. The Kier molecular flexibility index (Phi) is 5.48. The van der Waals surface area contributed by atoms with Gasteiger partial charge in [0.15, 0.2) is 6.10 Å². The first kappa shape index (κ1) is 17.5. The van der Waals surface area contributed by atoms with Crippen molar-refractivity contribution in [2.45, 2.75) is 19.6 Å². The second-order valence-electron chi connectivity index (χ2n) is 5.59. The molecule has 0 bridgehead atoms. The molecule has 0 saturated carbocycles. The molecule has 2 aromatic carbocycles. The van der Waals surface area contributed by atoms with Gasteiger partial charge in [-0.3, -0.25) is 4.79 Å². The molecule has 1 aromatic heterocycles. The molecule has 0 fully saturated rings. The van der Waals surface area contributed by atoms with Crippen LogP contribution in [-0.2, 0) is 11.3 Å². The van der Waals surface area contributed by atoms with Crippen LogP contribution in [0, 0.1) is 0 Å². The SMILES string of the molecule is COc1ccc(CNC(=O)C(C)Oc2ccc(-c3nnco3)cc2)cc1. The Hall–Kier alpha value is -3.35. The van der Waals surface area contributed by atoms with E-state index in [9.17, 15) is 4.79 Å². The maximum atomic E-state index is 12.2. The van der Waals surface area contributed by atoms with Crippen molar-refractivity contribution < 1.29 is 18.7 Å². The molecule has 0 spiro atoms. The molecule has 1 amide bonds. The van der Waals surface area contributed by atoms with Gasteiger partial charge in [-0.2, -0.15) is 0 Å². The Labute approximate surface area is 151 Å². The minimum Gasteiger partial charge on any atom is -0.497 e. The molecule has 3 aromatic rings. The highest BCUT2D eigenvalue weighted by atomic mass is 16.5. The molecule has 0 radical (unpaired) electrons. The topological polar surface area (TPSA) is 86.5 Å². The molecule has 1 heterocycles. The molecule has 1 atom stereocenters. The summed E-state index contributed by atoms with van der Waals surface area (Å²) in [6, 6.07) is 14.6. The molecule has 3 rings (SSSR count). The van der Waals surface area contributed by atoms with Crippen LogP contribution in [0.2, 0.25) is 0 Å². The third kappa shape index (κ3) is 4.38. The summed E-state index contributed by atoms with van der Waals surface area (Å²) in [4.78, 5) is 12.2. The number of nitrogens with one attached hydrogen (secondary N) is 1. The van der Waals surface area contributed by atoms with Gasteiger partial charge < -0.3 is 19.2 Å². The predicted octanol–water partition coefficient (Wildman–Crippen LogP) is 2.83. The van der Waals surface area contributed by atoms with Crippen LogP contribution in [0.1, 0.15) is 12.5 Å². The fourth-order valence-corrected chi connectivity index (χ4v) is 2.31. The molecule has 7 heteroatoms. The summed E-state index contributed by atoms with van der Waals surface area (Å²) >= 11 is 0. The van der Waals surface area contributed by atoms with Gasteiger partial charge in [0, 0.05) is 12.1 Å². The fraction of sp³-hybridized carbons (Fsp3) is 0.211. The first-order valence-electron chi connectivity index (χ1n) is 8.09. The highest BCUT2D eigenvalue weighted by molar-refractivity contribution is 5.80. The summed E-state index contributed by atoms with van der Waals surface area (Å²) in [7, 11) is 1.62. The van der Waals surface area contributed by atoms with Gasteiger partial charge in [-0.1, -0.05) is 12.1 Å². The van der Waals surface area contributed by atoms with Crippen molar-refractivity contribution in [3.63, 3.8) is 0 Å². The Balaban J connectivity index is 1.51. The number of nitrogens with zero attached hydrogens (tertiary/aromatic N) is 2. The third-order valence-electron chi connectivity index (χ3n) is 3.77. The number of hydrogen-bond acceptors (Lipinski definition) is 6. The summed E-state index contributed by atoms with van der Waals surface area (Å²) < 4.78 is 15.9. The molecule has 0 aliphatic carbocycles. The van der Waals surface area contributed by atoms with Crippen LogP contribution in [-0.4, -0.2) is 29.3 Å². The van der Waals surface area contributed by atoms with Gasteiger partial charge in [0.05, 0.1) is 7.11 Å². The van der Waals surface area contributed by atoms with Crippen LogP contribution >= 0.6 is 0 Å². The Morgan fingerprint density at radius 3 is 2.42 bits per heavy atom. The van der Waals surface area contributed by atoms with Gasteiger partial charge in [-0.15, -0.1) is 10.2 Å². The Bertz CT molecular complexity index is 830. The molecule has 0 saturated heterocycles. The summed E-state index contributed by atoms with van der Waals surface area (Å²) in [5, 5.41) is 10.3. The number of hydrogen-bond donors (Lipinski definition) is 1. The number of ether oxygens (including phenoxy) is 2. The summed E-state index contributed by atoms with van der Waals surface area (Å²) in [6.07, 6.45) is 0.650. The molecule has 0 aliphatic heterocycles. The first-order chi connectivity index (χ1) is 12.7. The van der Waals surface area contributed by atoms with E-state index in [0.717, 1.165) is 16.9 Å². The number of amides is 1. The van der Waals surface area contributed by atoms with E-state index in [4.69, 9.17) is 13.9 Å². The number of aromatic nitrogens is 2. The molecule has 134 valence electrons. The maximum absolute atomic E-state index is 12.2. The minimum atomic E-state index is -0.623.